The van der Waals surface area contributed by atoms with Gasteiger partial charge in [-0.05, 0) is 56.7 Å². The lowest BCUT2D eigenvalue weighted by Crippen LogP contribution is -2.29. The van der Waals surface area contributed by atoms with Crippen molar-refractivity contribution in [3.63, 3.8) is 0 Å². The number of halogens is 2. The number of likely N-dealkylation sites (N-methyl/N-ethyl adjacent to an activating group) is 1. The van der Waals surface area contributed by atoms with E-state index in [2.05, 4.69) is 31.9 Å². The van der Waals surface area contributed by atoms with Gasteiger partial charge in [-0.25, -0.2) is 0 Å². The average molecular weight is 397 g/mol. The van der Waals surface area contributed by atoms with Gasteiger partial charge in [-0.1, -0.05) is 0 Å². The Hall–Kier alpha value is 0.0900. The van der Waals surface area contributed by atoms with E-state index in [9.17, 15) is 4.79 Å². The minimum absolute atomic E-state index is 0.0430. The maximum absolute atomic E-state index is 12.1. The van der Waals surface area contributed by atoms with Crippen LogP contribution in [0.1, 0.15) is 22.5 Å². The van der Waals surface area contributed by atoms with E-state index in [1.54, 1.807) is 4.90 Å². The van der Waals surface area contributed by atoms with E-state index in [1.165, 1.54) is 24.2 Å². The topological polar surface area (TPSA) is 29.5 Å². The quantitative estimate of drug-likeness (QED) is 0.685. The molecule has 0 aromatic carbocycles. The molecule has 1 aliphatic carbocycles. The Balaban J connectivity index is 1.76. The van der Waals surface area contributed by atoms with Gasteiger partial charge in [-0.2, -0.15) is 0 Å². The monoisotopic (exact) mass is 395 g/mol. The van der Waals surface area contributed by atoms with E-state index < -0.39 is 0 Å². The molecular formula is C12H15Br2NO2S. The van der Waals surface area contributed by atoms with Crippen molar-refractivity contribution in [3.05, 3.63) is 19.2 Å². The SMILES string of the molecule is CN(CCOCC1CC1)C(=O)c1cc(Br)c(Br)s1. The zero-order valence-corrected chi connectivity index (χ0v) is 14.1. The minimum Gasteiger partial charge on any atom is -0.379 e. The number of hydrogen-bond acceptors (Lipinski definition) is 3. The molecule has 1 aromatic rings. The second kappa shape index (κ2) is 6.50. The number of amides is 1. The van der Waals surface area contributed by atoms with Gasteiger partial charge in [0.25, 0.3) is 5.91 Å². The van der Waals surface area contributed by atoms with Crippen LogP contribution in [0, 0.1) is 5.92 Å². The second-order valence-electron chi connectivity index (χ2n) is 4.48. The third kappa shape index (κ3) is 4.05. The lowest BCUT2D eigenvalue weighted by Gasteiger charge is -2.16. The van der Waals surface area contributed by atoms with Gasteiger partial charge in [0.2, 0.25) is 0 Å². The number of thiophene rings is 1. The number of carbonyl (C=O) groups excluding carboxylic acids is 1. The largest absolute Gasteiger partial charge is 0.379 e. The molecule has 1 amide bonds. The summed E-state index contributed by atoms with van der Waals surface area (Å²) in [5, 5.41) is 0. The number of rotatable bonds is 6. The van der Waals surface area contributed by atoms with Gasteiger partial charge in [-0.15, -0.1) is 11.3 Å². The third-order valence-electron chi connectivity index (χ3n) is 2.82. The molecule has 0 aliphatic heterocycles. The maximum atomic E-state index is 12.1. The van der Waals surface area contributed by atoms with Gasteiger partial charge in [0, 0.05) is 24.7 Å². The highest BCUT2D eigenvalue weighted by Crippen LogP contribution is 2.32. The van der Waals surface area contributed by atoms with Gasteiger partial charge in [0.1, 0.15) is 0 Å². The van der Waals surface area contributed by atoms with Crippen molar-refractivity contribution in [3.8, 4) is 0 Å². The number of carbonyl (C=O) groups is 1. The number of hydrogen-bond donors (Lipinski definition) is 0. The normalized spacial score (nSPS) is 14.8. The van der Waals surface area contributed by atoms with E-state index in [0.29, 0.717) is 13.2 Å². The molecule has 100 valence electrons. The van der Waals surface area contributed by atoms with Gasteiger partial charge in [0.15, 0.2) is 0 Å². The summed E-state index contributed by atoms with van der Waals surface area (Å²) in [4.78, 5) is 14.5. The first-order valence-electron chi connectivity index (χ1n) is 5.86. The molecule has 6 heteroatoms. The van der Waals surface area contributed by atoms with Crippen molar-refractivity contribution in [2.24, 2.45) is 5.92 Å². The fourth-order valence-corrected chi connectivity index (χ4v) is 3.51. The fraction of sp³-hybridized carbons (Fsp3) is 0.583. The maximum Gasteiger partial charge on any atom is 0.263 e. The van der Waals surface area contributed by atoms with Crippen LogP contribution in [0.3, 0.4) is 0 Å². The third-order valence-corrected chi connectivity index (χ3v) is 6.07. The highest BCUT2D eigenvalue weighted by atomic mass is 79.9. The summed E-state index contributed by atoms with van der Waals surface area (Å²) in [5.74, 6) is 0.816. The number of nitrogens with zero attached hydrogens (tertiary/aromatic N) is 1. The van der Waals surface area contributed by atoms with Crippen LogP contribution in [0.25, 0.3) is 0 Å². The first kappa shape index (κ1) is 14.5. The molecule has 0 radical (unpaired) electrons. The van der Waals surface area contributed by atoms with Crippen molar-refractivity contribution in [1.29, 1.82) is 0 Å². The Morgan fingerprint density at radius 2 is 2.28 bits per heavy atom. The van der Waals surface area contributed by atoms with Crippen LogP contribution in [0.5, 0.6) is 0 Å². The van der Waals surface area contributed by atoms with Crippen LogP contribution in [0.2, 0.25) is 0 Å². The molecule has 0 spiro atoms. The Kier molecular flexibility index (Phi) is 5.24. The predicted molar refractivity (Wildman–Crippen MR) is 80.2 cm³/mol. The predicted octanol–water partition coefficient (Wildman–Crippen LogP) is 3.77. The zero-order valence-electron chi connectivity index (χ0n) is 10.1. The molecular weight excluding hydrogens is 382 g/mol. The molecule has 0 unspecified atom stereocenters. The molecule has 1 saturated carbocycles. The first-order valence-corrected chi connectivity index (χ1v) is 8.26. The molecule has 2 rings (SSSR count). The van der Waals surface area contributed by atoms with Crippen molar-refractivity contribution < 1.29 is 9.53 Å². The summed E-state index contributed by atoms with van der Waals surface area (Å²) < 4.78 is 7.41. The summed E-state index contributed by atoms with van der Waals surface area (Å²) in [6.45, 7) is 2.10. The van der Waals surface area contributed by atoms with Crippen LogP contribution in [-0.4, -0.2) is 37.6 Å². The standard InChI is InChI=1S/C12H15Br2NO2S/c1-15(4-5-17-7-8-2-3-8)12(16)10-6-9(13)11(14)18-10/h6,8H,2-5,7H2,1H3. The first-order chi connectivity index (χ1) is 8.58. The van der Waals surface area contributed by atoms with Crippen LogP contribution >= 0.6 is 43.2 Å². The molecule has 0 saturated heterocycles. The highest BCUT2D eigenvalue weighted by Gasteiger charge is 2.21. The van der Waals surface area contributed by atoms with E-state index in [-0.39, 0.29) is 5.91 Å². The zero-order chi connectivity index (χ0) is 13.1. The van der Waals surface area contributed by atoms with Crippen molar-refractivity contribution in [1.82, 2.24) is 4.90 Å². The molecule has 3 nitrogen and oxygen atoms in total. The summed E-state index contributed by atoms with van der Waals surface area (Å²) >= 11 is 8.23. The van der Waals surface area contributed by atoms with E-state index in [0.717, 1.165) is 25.7 Å². The molecule has 0 bridgehead atoms. The van der Waals surface area contributed by atoms with Gasteiger partial charge >= 0.3 is 0 Å². The average Bonchev–Trinajstić information content (AvgIpc) is 3.10. The minimum atomic E-state index is 0.0430. The number of ether oxygens (including phenoxy) is 1. The van der Waals surface area contributed by atoms with Crippen molar-refractivity contribution in [2.75, 3.05) is 26.8 Å². The summed E-state index contributed by atoms with van der Waals surface area (Å²) in [6.07, 6.45) is 2.60. The fourth-order valence-electron chi connectivity index (χ4n) is 1.48. The molecule has 1 aromatic heterocycles. The summed E-state index contributed by atoms with van der Waals surface area (Å²) in [6, 6.07) is 1.85. The molecule has 1 aliphatic rings. The van der Waals surface area contributed by atoms with E-state index >= 15 is 0 Å². The van der Waals surface area contributed by atoms with Crippen LogP contribution in [0.15, 0.2) is 14.3 Å². The summed E-state index contributed by atoms with van der Waals surface area (Å²) in [7, 11) is 1.81. The van der Waals surface area contributed by atoms with E-state index in [4.69, 9.17) is 4.74 Å². The van der Waals surface area contributed by atoms with Crippen molar-refractivity contribution >= 4 is 49.1 Å². The van der Waals surface area contributed by atoms with Gasteiger partial charge < -0.3 is 9.64 Å². The van der Waals surface area contributed by atoms with Crippen LogP contribution < -0.4 is 0 Å². The molecule has 0 N–H and O–H groups in total. The Morgan fingerprint density at radius 1 is 1.56 bits per heavy atom. The van der Waals surface area contributed by atoms with Crippen LogP contribution in [-0.2, 0) is 4.74 Å². The molecule has 1 heterocycles. The Morgan fingerprint density at radius 3 is 2.83 bits per heavy atom. The van der Waals surface area contributed by atoms with Crippen LogP contribution in [0.4, 0.5) is 0 Å². The Bertz CT molecular complexity index is 412. The second-order valence-corrected chi connectivity index (χ2v) is 7.70. The molecule has 1 fully saturated rings. The van der Waals surface area contributed by atoms with Crippen molar-refractivity contribution in [2.45, 2.75) is 12.8 Å². The molecule has 18 heavy (non-hydrogen) atoms. The summed E-state index contributed by atoms with van der Waals surface area (Å²) in [5.41, 5.74) is 0. The Labute approximate surface area is 128 Å². The van der Waals surface area contributed by atoms with E-state index in [1.807, 2.05) is 13.1 Å². The highest BCUT2D eigenvalue weighted by molar-refractivity contribution is 9.13. The lowest BCUT2D eigenvalue weighted by molar-refractivity contribution is 0.0685. The molecule has 0 atom stereocenters. The van der Waals surface area contributed by atoms with Gasteiger partial charge in [-0.3, -0.25) is 4.79 Å². The smallest absolute Gasteiger partial charge is 0.263 e. The van der Waals surface area contributed by atoms with Gasteiger partial charge in [0.05, 0.1) is 15.3 Å². The lowest BCUT2D eigenvalue weighted by atomic mass is 10.4.